The highest BCUT2D eigenvalue weighted by molar-refractivity contribution is 5.98. The van der Waals surface area contributed by atoms with Crippen LogP contribution in [-0.4, -0.2) is 41.7 Å². The van der Waals surface area contributed by atoms with Crippen LogP contribution >= 0.6 is 0 Å². The van der Waals surface area contributed by atoms with Crippen molar-refractivity contribution in [1.29, 1.82) is 0 Å². The predicted octanol–water partition coefficient (Wildman–Crippen LogP) is 3.46. The zero-order chi connectivity index (χ0) is 20.3. The Morgan fingerprint density at radius 2 is 2.14 bits per heavy atom. The third-order valence-electron chi connectivity index (χ3n) is 5.01. The van der Waals surface area contributed by atoms with Crippen LogP contribution in [0.25, 0.3) is 0 Å². The molecule has 1 atom stereocenters. The molecule has 3 rings (SSSR count). The number of benzene rings is 1. The topological polar surface area (TPSA) is 92.8 Å². The molecule has 150 valence electrons. The number of ketones is 1. The first kappa shape index (κ1) is 19.9. The van der Waals surface area contributed by atoms with E-state index >= 15 is 0 Å². The number of hydrogen-bond donors (Lipinski definition) is 0. The van der Waals surface area contributed by atoms with Gasteiger partial charge in [-0.1, -0.05) is 0 Å². The average Bonchev–Trinajstić information content (AvgIpc) is 3.29. The zero-order valence-electron chi connectivity index (χ0n) is 16.3. The van der Waals surface area contributed by atoms with Crippen molar-refractivity contribution >= 4 is 11.5 Å². The van der Waals surface area contributed by atoms with E-state index in [2.05, 4.69) is 4.57 Å². The summed E-state index contributed by atoms with van der Waals surface area (Å²) in [5.41, 5.74) is 2.15. The average molecular weight is 388 g/mol. The van der Waals surface area contributed by atoms with Crippen molar-refractivity contribution in [2.24, 2.45) is 0 Å². The van der Waals surface area contributed by atoms with Gasteiger partial charge in [-0.3, -0.25) is 14.9 Å². The summed E-state index contributed by atoms with van der Waals surface area (Å²) in [4.78, 5) is 23.4. The minimum absolute atomic E-state index is 0.0345. The predicted molar refractivity (Wildman–Crippen MR) is 102 cm³/mol. The molecule has 2 aromatic rings. The van der Waals surface area contributed by atoms with E-state index in [1.54, 1.807) is 6.07 Å². The Balaban J connectivity index is 1.73. The van der Waals surface area contributed by atoms with Crippen LogP contribution in [0.2, 0.25) is 0 Å². The Morgan fingerprint density at radius 1 is 1.36 bits per heavy atom. The summed E-state index contributed by atoms with van der Waals surface area (Å²) in [5, 5.41) is 11.2. The van der Waals surface area contributed by atoms with E-state index in [1.807, 2.05) is 19.9 Å². The molecule has 28 heavy (non-hydrogen) atoms. The van der Waals surface area contributed by atoms with Gasteiger partial charge in [-0.15, -0.1) is 0 Å². The van der Waals surface area contributed by atoms with Crippen LogP contribution in [0.1, 0.15) is 34.6 Å². The number of carbonyl (C=O) groups is 1. The van der Waals surface area contributed by atoms with Crippen LogP contribution in [0.15, 0.2) is 24.3 Å². The smallest absolute Gasteiger partial charge is 0.314 e. The summed E-state index contributed by atoms with van der Waals surface area (Å²) in [7, 11) is 1.43. The summed E-state index contributed by atoms with van der Waals surface area (Å²) in [5.74, 6) is 0.159. The molecule has 1 aromatic heterocycles. The summed E-state index contributed by atoms with van der Waals surface area (Å²) in [6, 6.07) is 6.09. The van der Waals surface area contributed by atoms with E-state index in [4.69, 9.17) is 14.2 Å². The van der Waals surface area contributed by atoms with Gasteiger partial charge in [0.1, 0.15) is 5.75 Å². The van der Waals surface area contributed by atoms with Crippen LogP contribution in [0.4, 0.5) is 5.69 Å². The molecule has 0 aliphatic carbocycles. The molecule has 8 nitrogen and oxygen atoms in total. The molecule has 0 unspecified atom stereocenters. The van der Waals surface area contributed by atoms with Gasteiger partial charge in [-0.25, -0.2) is 0 Å². The minimum Gasteiger partial charge on any atom is -0.496 e. The number of Topliss-reactive ketones (excluding diaryl/α,β-unsaturated/α-hetero) is 1. The Labute approximate surface area is 163 Å². The number of aryl methyl sites for hydroxylation is 1. The molecular formula is C20H24N2O6. The lowest BCUT2D eigenvalue weighted by atomic mass is 10.1. The molecular weight excluding hydrogens is 364 g/mol. The van der Waals surface area contributed by atoms with Gasteiger partial charge in [0.2, 0.25) is 5.78 Å². The molecule has 0 bridgehead atoms. The lowest BCUT2D eigenvalue weighted by molar-refractivity contribution is -0.385. The maximum Gasteiger partial charge on any atom is 0.314 e. The first-order valence-corrected chi connectivity index (χ1v) is 9.17. The van der Waals surface area contributed by atoms with Crippen molar-refractivity contribution in [2.75, 3.05) is 20.3 Å². The first-order valence-electron chi connectivity index (χ1n) is 9.17. The normalized spacial score (nSPS) is 16.2. The second-order valence-corrected chi connectivity index (χ2v) is 6.83. The third kappa shape index (κ3) is 4.17. The molecule has 1 saturated heterocycles. The first-order chi connectivity index (χ1) is 13.4. The van der Waals surface area contributed by atoms with E-state index in [1.165, 1.54) is 19.2 Å². The Kier molecular flexibility index (Phi) is 5.99. The fraction of sp³-hybridized carbons (Fsp3) is 0.450. The van der Waals surface area contributed by atoms with E-state index in [9.17, 15) is 14.9 Å². The van der Waals surface area contributed by atoms with Gasteiger partial charge >= 0.3 is 5.69 Å². The fourth-order valence-electron chi connectivity index (χ4n) is 3.47. The summed E-state index contributed by atoms with van der Waals surface area (Å²) in [6.45, 7) is 5.07. The van der Waals surface area contributed by atoms with Gasteiger partial charge in [-0.05, 0) is 44.9 Å². The molecule has 1 aliphatic heterocycles. The van der Waals surface area contributed by atoms with E-state index in [0.717, 1.165) is 37.4 Å². The van der Waals surface area contributed by atoms with Crippen LogP contribution in [0.5, 0.6) is 11.5 Å². The second kappa shape index (κ2) is 8.43. The Morgan fingerprint density at radius 3 is 2.79 bits per heavy atom. The fourth-order valence-corrected chi connectivity index (χ4v) is 3.47. The summed E-state index contributed by atoms with van der Waals surface area (Å²) < 4.78 is 18.2. The molecule has 0 amide bonds. The van der Waals surface area contributed by atoms with Gasteiger partial charge in [-0.2, -0.15) is 0 Å². The maximum atomic E-state index is 12.7. The lowest BCUT2D eigenvalue weighted by Gasteiger charge is -2.14. The highest BCUT2D eigenvalue weighted by Crippen LogP contribution is 2.31. The number of nitrogens with zero attached hydrogens (tertiary/aromatic N) is 2. The number of aromatic nitrogens is 1. The Bertz CT molecular complexity index is 883. The van der Waals surface area contributed by atoms with Crippen molar-refractivity contribution in [3.8, 4) is 11.5 Å². The molecule has 0 radical (unpaired) electrons. The molecule has 2 heterocycles. The standard InChI is InChI=1S/C20H24N2O6/c1-13-9-17(14(2)21(13)11-16-5-4-8-27-16)19(23)12-28-20-7-6-15(26-3)10-18(20)22(24)25/h6-7,9-10,16H,4-5,8,11-12H2,1-3H3/t16-/m0/s1. The number of ether oxygens (including phenoxy) is 3. The number of rotatable bonds is 8. The molecule has 1 aliphatic rings. The molecule has 0 saturated carbocycles. The number of nitro benzene ring substituents is 1. The van der Waals surface area contributed by atoms with Gasteiger partial charge in [0.15, 0.2) is 12.4 Å². The number of nitro groups is 1. The van der Waals surface area contributed by atoms with Crippen molar-refractivity contribution in [2.45, 2.75) is 39.3 Å². The molecule has 8 heteroatoms. The van der Waals surface area contributed by atoms with Crippen molar-refractivity contribution in [1.82, 2.24) is 4.57 Å². The number of methoxy groups -OCH3 is 1. The third-order valence-corrected chi connectivity index (χ3v) is 5.01. The molecule has 0 N–H and O–H groups in total. The SMILES string of the molecule is COc1ccc(OCC(=O)c2cc(C)n(C[C@@H]3CCCO3)c2C)c([N+](=O)[O-])c1. The largest absolute Gasteiger partial charge is 0.496 e. The van der Waals surface area contributed by atoms with E-state index in [0.29, 0.717) is 11.3 Å². The van der Waals surface area contributed by atoms with Crippen LogP contribution in [-0.2, 0) is 11.3 Å². The van der Waals surface area contributed by atoms with Gasteiger partial charge in [0.25, 0.3) is 0 Å². The molecule has 0 spiro atoms. The van der Waals surface area contributed by atoms with Gasteiger partial charge < -0.3 is 18.8 Å². The summed E-state index contributed by atoms with van der Waals surface area (Å²) >= 11 is 0. The van der Waals surface area contributed by atoms with Crippen LogP contribution < -0.4 is 9.47 Å². The van der Waals surface area contributed by atoms with E-state index in [-0.39, 0.29) is 29.9 Å². The highest BCUT2D eigenvalue weighted by atomic mass is 16.6. The lowest BCUT2D eigenvalue weighted by Crippen LogP contribution is -2.18. The number of carbonyl (C=O) groups excluding carboxylic acids is 1. The van der Waals surface area contributed by atoms with Crippen molar-refractivity contribution < 1.29 is 23.9 Å². The van der Waals surface area contributed by atoms with Crippen LogP contribution in [0, 0.1) is 24.0 Å². The Hall–Kier alpha value is -2.87. The molecule has 1 fully saturated rings. The minimum atomic E-state index is -0.560. The highest BCUT2D eigenvalue weighted by Gasteiger charge is 2.22. The van der Waals surface area contributed by atoms with Gasteiger partial charge in [0, 0.05) is 30.1 Å². The van der Waals surface area contributed by atoms with E-state index < -0.39 is 4.92 Å². The zero-order valence-corrected chi connectivity index (χ0v) is 16.3. The van der Waals surface area contributed by atoms with Crippen molar-refractivity contribution in [3.05, 3.63) is 51.3 Å². The molecule has 1 aromatic carbocycles. The second-order valence-electron chi connectivity index (χ2n) is 6.83. The number of hydrogen-bond acceptors (Lipinski definition) is 6. The summed E-state index contributed by atoms with van der Waals surface area (Å²) in [6.07, 6.45) is 2.25. The van der Waals surface area contributed by atoms with Crippen molar-refractivity contribution in [3.63, 3.8) is 0 Å². The monoisotopic (exact) mass is 388 g/mol. The van der Waals surface area contributed by atoms with Gasteiger partial charge in [0.05, 0.1) is 24.2 Å². The quantitative estimate of drug-likeness (QED) is 0.391. The van der Waals surface area contributed by atoms with Crippen LogP contribution in [0.3, 0.4) is 0 Å². The maximum absolute atomic E-state index is 12.7.